The van der Waals surface area contributed by atoms with Crippen LogP contribution in [-0.4, -0.2) is 22.0 Å². The van der Waals surface area contributed by atoms with Gasteiger partial charge in [-0.15, -0.1) is 0 Å². The van der Waals surface area contributed by atoms with Crippen molar-refractivity contribution >= 4 is 17.5 Å². The molecule has 4 rings (SSSR count). The number of hydrogen-bond donors (Lipinski definition) is 1. The van der Waals surface area contributed by atoms with Gasteiger partial charge in [0.15, 0.2) is 5.72 Å². The summed E-state index contributed by atoms with van der Waals surface area (Å²) in [5.74, 6) is -0.0741. The smallest absolute Gasteiger partial charge is 0.257 e. The van der Waals surface area contributed by atoms with Crippen LogP contribution < -0.4 is 0 Å². The van der Waals surface area contributed by atoms with Gasteiger partial charge in [-0.3, -0.25) is 9.69 Å². The fraction of sp³-hybridized carbons (Fsp3) is 0.350. The van der Waals surface area contributed by atoms with Gasteiger partial charge in [0.25, 0.3) is 5.91 Å². The number of hydrogen-bond acceptors (Lipinski definition) is 2. The van der Waals surface area contributed by atoms with E-state index >= 15 is 0 Å². The van der Waals surface area contributed by atoms with Crippen LogP contribution in [0.3, 0.4) is 0 Å². The Bertz CT molecular complexity index is 767. The number of rotatable bonds is 2. The summed E-state index contributed by atoms with van der Waals surface area (Å²) in [6, 6.07) is 14.6. The maximum atomic E-state index is 13.1. The van der Waals surface area contributed by atoms with Gasteiger partial charge in [-0.1, -0.05) is 61.2 Å². The summed E-state index contributed by atoms with van der Waals surface area (Å²) in [5, 5.41) is 12.4. The molecule has 2 aliphatic rings. The standard InChI is InChI=1S/C20H20ClNO2/c21-15-12-10-14(11-13-15)20(24)18-9-5-4-8-17(18)19(23)22(20)16-6-2-1-3-7-16/h4-5,8-13,16,24H,1-3,6-7H2/t20-/m0/s1. The topological polar surface area (TPSA) is 40.5 Å². The molecule has 1 fully saturated rings. The van der Waals surface area contributed by atoms with Crippen molar-refractivity contribution in [1.82, 2.24) is 4.90 Å². The zero-order valence-electron chi connectivity index (χ0n) is 13.4. The number of benzene rings is 2. The first-order valence-corrected chi connectivity index (χ1v) is 8.92. The summed E-state index contributed by atoms with van der Waals surface area (Å²) in [5.41, 5.74) is 0.541. The number of carbonyl (C=O) groups is 1. The van der Waals surface area contributed by atoms with E-state index in [1.54, 1.807) is 23.1 Å². The van der Waals surface area contributed by atoms with Crippen LogP contribution in [-0.2, 0) is 5.72 Å². The predicted molar refractivity (Wildman–Crippen MR) is 93.9 cm³/mol. The zero-order valence-corrected chi connectivity index (χ0v) is 14.2. The Labute approximate surface area is 146 Å². The molecule has 1 N–H and O–H groups in total. The third kappa shape index (κ3) is 2.27. The highest BCUT2D eigenvalue weighted by Crippen LogP contribution is 2.45. The minimum atomic E-state index is -1.42. The van der Waals surface area contributed by atoms with E-state index in [0.29, 0.717) is 21.7 Å². The van der Waals surface area contributed by atoms with Crippen LogP contribution in [0.5, 0.6) is 0 Å². The highest BCUT2D eigenvalue weighted by Gasteiger charge is 2.52. The SMILES string of the molecule is O=C1c2ccccc2[C@@](O)(c2ccc(Cl)cc2)N1C1CCCCC1. The van der Waals surface area contributed by atoms with Gasteiger partial charge in [-0.25, -0.2) is 0 Å². The molecule has 1 amide bonds. The largest absolute Gasteiger partial charge is 0.363 e. The first-order valence-electron chi connectivity index (χ1n) is 8.54. The van der Waals surface area contributed by atoms with Crippen molar-refractivity contribution in [2.75, 3.05) is 0 Å². The quantitative estimate of drug-likeness (QED) is 0.883. The zero-order chi connectivity index (χ0) is 16.7. The number of nitrogens with zero attached hydrogens (tertiary/aromatic N) is 1. The predicted octanol–water partition coefficient (Wildman–Crippen LogP) is 4.32. The third-order valence-corrected chi connectivity index (χ3v) is 5.54. The molecule has 0 unspecified atom stereocenters. The van der Waals surface area contributed by atoms with Crippen molar-refractivity contribution in [3.05, 3.63) is 70.2 Å². The van der Waals surface area contributed by atoms with Crippen molar-refractivity contribution in [3.63, 3.8) is 0 Å². The van der Waals surface area contributed by atoms with Gasteiger partial charge in [0.1, 0.15) is 0 Å². The van der Waals surface area contributed by atoms with Gasteiger partial charge in [-0.2, -0.15) is 0 Å². The summed E-state index contributed by atoms with van der Waals surface area (Å²) >= 11 is 6.02. The van der Waals surface area contributed by atoms with E-state index in [0.717, 1.165) is 25.7 Å². The molecule has 1 atom stereocenters. The maximum Gasteiger partial charge on any atom is 0.257 e. The monoisotopic (exact) mass is 341 g/mol. The first kappa shape index (κ1) is 15.7. The number of carbonyl (C=O) groups excluding carboxylic acids is 1. The number of aliphatic hydroxyl groups is 1. The molecule has 0 bridgehead atoms. The van der Waals surface area contributed by atoms with Crippen LogP contribution in [0.25, 0.3) is 0 Å². The Kier molecular flexibility index (Phi) is 3.86. The van der Waals surface area contributed by atoms with E-state index in [1.165, 1.54) is 6.42 Å². The van der Waals surface area contributed by atoms with E-state index in [4.69, 9.17) is 11.6 Å². The van der Waals surface area contributed by atoms with Crippen molar-refractivity contribution in [1.29, 1.82) is 0 Å². The highest BCUT2D eigenvalue weighted by molar-refractivity contribution is 6.30. The van der Waals surface area contributed by atoms with E-state index in [9.17, 15) is 9.90 Å². The third-order valence-electron chi connectivity index (χ3n) is 5.29. The van der Waals surface area contributed by atoms with Gasteiger partial charge in [0, 0.05) is 27.8 Å². The second-order valence-electron chi connectivity index (χ2n) is 6.69. The summed E-state index contributed by atoms with van der Waals surface area (Å²) < 4.78 is 0. The van der Waals surface area contributed by atoms with Crippen LogP contribution in [0.4, 0.5) is 0 Å². The lowest BCUT2D eigenvalue weighted by Crippen LogP contribution is -2.51. The van der Waals surface area contributed by atoms with E-state index < -0.39 is 5.72 Å². The highest BCUT2D eigenvalue weighted by atomic mass is 35.5. The van der Waals surface area contributed by atoms with Crippen molar-refractivity contribution in [2.45, 2.75) is 43.9 Å². The molecule has 1 heterocycles. The number of fused-ring (bicyclic) bond motifs is 1. The minimum absolute atomic E-state index is 0.0688. The lowest BCUT2D eigenvalue weighted by molar-refractivity contribution is -0.0756. The van der Waals surface area contributed by atoms with E-state index in [-0.39, 0.29) is 11.9 Å². The van der Waals surface area contributed by atoms with Crippen molar-refractivity contribution < 1.29 is 9.90 Å². The van der Waals surface area contributed by atoms with E-state index in [2.05, 4.69) is 0 Å². The van der Waals surface area contributed by atoms with Gasteiger partial charge < -0.3 is 5.11 Å². The molecule has 0 radical (unpaired) electrons. The Morgan fingerprint density at radius 3 is 2.38 bits per heavy atom. The lowest BCUT2D eigenvalue weighted by Gasteiger charge is -2.41. The molecule has 2 aromatic carbocycles. The Hall–Kier alpha value is -1.84. The van der Waals surface area contributed by atoms with Crippen LogP contribution in [0.2, 0.25) is 5.02 Å². The molecule has 24 heavy (non-hydrogen) atoms. The molecule has 0 aromatic heterocycles. The Morgan fingerprint density at radius 1 is 1.00 bits per heavy atom. The van der Waals surface area contributed by atoms with Gasteiger partial charge >= 0.3 is 0 Å². The fourth-order valence-corrected chi connectivity index (χ4v) is 4.25. The Balaban J connectivity index is 1.88. The molecular weight excluding hydrogens is 322 g/mol. The minimum Gasteiger partial charge on any atom is -0.363 e. The maximum absolute atomic E-state index is 13.1. The lowest BCUT2D eigenvalue weighted by atomic mass is 9.89. The second kappa shape index (κ2) is 5.91. The van der Waals surface area contributed by atoms with Gasteiger partial charge in [-0.05, 0) is 31.0 Å². The average Bonchev–Trinajstić information content (AvgIpc) is 2.85. The molecule has 1 saturated carbocycles. The molecule has 4 heteroatoms. The van der Waals surface area contributed by atoms with Crippen LogP contribution in [0, 0.1) is 0 Å². The normalized spacial score (nSPS) is 24.2. The molecule has 3 nitrogen and oxygen atoms in total. The Morgan fingerprint density at radius 2 is 1.67 bits per heavy atom. The van der Waals surface area contributed by atoms with Gasteiger partial charge in [0.2, 0.25) is 0 Å². The number of halogens is 1. The van der Waals surface area contributed by atoms with Crippen LogP contribution in [0.15, 0.2) is 48.5 Å². The van der Waals surface area contributed by atoms with Crippen molar-refractivity contribution in [3.8, 4) is 0 Å². The second-order valence-corrected chi connectivity index (χ2v) is 7.13. The average molecular weight is 342 g/mol. The fourth-order valence-electron chi connectivity index (χ4n) is 4.13. The van der Waals surface area contributed by atoms with Crippen molar-refractivity contribution in [2.24, 2.45) is 0 Å². The summed E-state index contributed by atoms with van der Waals surface area (Å²) in [6.45, 7) is 0. The molecule has 2 aromatic rings. The molecule has 1 aliphatic heterocycles. The molecule has 1 aliphatic carbocycles. The molecule has 0 saturated heterocycles. The molecule has 124 valence electrons. The molecule has 0 spiro atoms. The van der Waals surface area contributed by atoms with E-state index in [1.807, 2.05) is 30.3 Å². The number of amides is 1. The van der Waals surface area contributed by atoms with Gasteiger partial charge in [0.05, 0.1) is 0 Å². The first-order chi connectivity index (χ1) is 11.6. The summed E-state index contributed by atoms with van der Waals surface area (Å²) in [7, 11) is 0. The molecular formula is C20H20ClNO2. The summed E-state index contributed by atoms with van der Waals surface area (Å²) in [6.07, 6.45) is 5.28. The van der Waals surface area contributed by atoms with Crippen LogP contribution in [0.1, 0.15) is 53.6 Å². The summed E-state index contributed by atoms with van der Waals surface area (Å²) in [4.78, 5) is 14.8. The van der Waals surface area contributed by atoms with Crippen LogP contribution >= 0.6 is 11.6 Å².